The zero-order chi connectivity index (χ0) is 25.9. The van der Waals surface area contributed by atoms with Crippen molar-refractivity contribution < 1.29 is 22.7 Å². The standard InChI is InChI=1S/C25H29F3N6O2/c1-4-36-23-14-20(7-8-22(23)34-16-30-17(2)31-34)32-9-11-33(12-10-32)24(35)29-15-18-5-6-19(13-21(18)26)25(3,27)28/h5-8,13-14,16H,4,9-12,15H2,1-3H3,(H,29,35). The zero-order valence-electron chi connectivity index (χ0n) is 20.5. The highest BCUT2D eigenvalue weighted by Crippen LogP contribution is 2.30. The van der Waals surface area contributed by atoms with Crippen LogP contribution < -0.4 is 15.0 Å². The Labute approximate surface area is 207 Å². The average molecular weight is 503 g/mol. The Kier molecular flexibility index (Phi) is 7.37. The number of carbonyl (C=O) groups excluding carboxylic acids is 1. The lowest BCUT2D eigenvalue weighted by Gasteiger charge is -2.36. The van der Waals surface area contributed by atoms with Gasteiger partial charge in [0.2, 0.25) is 0 Å². The highest BCUT2D eigenvalue weighted by Gasteiger charge is 2.26. The third kappa shape index (κ3) is 5.72. The maximum Gasteiger partial charge on any atom is 0.317 e. The van der Waals surface area contributed by atoms with E-state index in [1.807, 2.05) is 32.0 Å². The van der Waals surface area contributed by atoms with Crippen LogP contribution in [0.3, 0.4) is 0 Å². The summed E-state index contributed by atoms with van der Waals surface area (Å²) in [6.07, 6.45) is 1.64. The third-order valence-electron chi connectivity index (χ3n) is 6.02. The first-order valence-electron chi connectivity index (χ1n) is 11.8. The van der Waals surface area contributed by atoms with E-state index in [2.05, 4.69) is 20.3 Å². The molecule has 1 fully saturated rings. The first-order valence-corrected chi connectivity index (χ1v) is 11.8. The molecule has 0 bridgehead atoms. The molecule has 3 aromatic rings. The Morgan fingerprint density at radius 3 is 2.50 bits per heavy atom. The monoisotopic (exact) mass is 502 g/mol. The minimum absolute atomic E-state index is 0.0820. The number of nitrogens with zero attached hydrogens (tertiary/aromatic N) is 5. The van der Waals surface area contributed by atoms with E-state index in [4.69, 9.17) is 4.74 Å². The van der Waals surface area contributed by atoms with Gasteiger partial charge in [0.15, 0.2) is 0 Å². The summed E-state index contributed by atoms with van der Waals surface area (Å²) >= 11 is 0. The zero-order valence-corrected chi connectivity index (χ0v) is 20.5. The van der Waals surface area contributed by atoms with Crippen molar-refractivity contribution in [2.45, 2.75) is 33.2 Å². The number of anilines is 1. The quantitative estimate of drug-likeness (QED) is 0.523. The first-order chi connectivity index (χ1) is 17.2. The van der Waals surface area contributed by atoms with Gasteiger partial charge in [-0.05, 0) is 32.0 Å². The van der Waals surface area contributed by atoms with Crippen molar-refractivity contribution >= 4 is 11.7 Å². The number of hydrogen-bond donors (Lipinski definition) is 1. The molecule has 36 heavy (non-hydrogen) atoms. The molecule has 2 aromatic carbocycles. The molecule has 11 heteroatoms. The summed E-state index contributed by atoms with van der Waals surface area (Å²) in [5.41, 5.74) is 1.51. The van der Waals surface area contributed by atoms with Crippen LogP contribution in [0.1, 0.15) is 30.8 Å². The number of aromatic nitrogens is 3. The summed E-state index contributed by atoms with van der Waals surface area (Å²) in [6, 6.07) is 8.81. The predicted molar refractivity (Wildman–Crippen MR) is 129 cm³/mol. The molecule has 0 spiro atoms. The molecule has 4 rings (SSSR count). The Balaban J connectivity index is 1.35. The van der Waals surface area contributed by atoms with Crippen molar-refractivity contribution in [3.05, 3.63) is 65.5 Å². The van der Waals surface area contributed by atoms with E-state index in [1.54, 1.807) is 15.9 Å². The number of hydrogen-bond acceptors (Lipinski definition) is 5. The maximum absolute atomic E-state index is 14.2. The molecule has 1 aliphatic heterocycles. The van der Waals surface area contributed by atoms with Crippen molar-refractivity contribution in [1.29, 1.82) is 0 Å². The molecule has 0 saturated carbocycles. The lowest BCUT2D eigenvalue weighted by molar-refractivity contribution is 0.0171. The van der Waals surface area contributed by atoms with Gasteiger partial charge in [-0.25, -0.2) is 27.6 Å². The summed E-state index contributed by atoms with van der Waals surface area (Å²) in [6.45, 7) is 7.04. The predicted octanol–water partition coefficient (Wildman–Crippen LogP) is 4.26. The fourth-order valence-electron chi connectivity index (χ4n) is 4.04. The SMILES string of the molecule is CCOc1cc(N2CCN(C(=O)NCc3ccc(C(C)(F)F)cc3F)CC2)ccc1-n1cnc(C)n1. The fraction of sp³-hybridized carbons (Fsp3) is 0.400. The van der Waals surface area contributed by atoms with Crippen LogP contribution in [0.5, 0.6) is 5.75 Å². The highest BCUT2D eigenvalue weighted by molar-refractivity contribution is 5.74. The fourth-order valence-corrected chi connectivity index (χ4v) is 4.04. The van der Waals surface area contributed by atoms with E-state index in [1.165, 1.54) is 12.1 Å². The van der Waals surface area contributed by atoms with Gasteiger partial charge in [-0.15, -0.1) is 0 Å². The number of nitrogens with one attached hydrogen (secondary N) is 1. The number of ether oxygens (including phenoxy) is 1. The molecular weight excluding hydrogens is 473 g/mol. The van der Waals surface area contributed by atoms with E-state index in [0.29, 0.717) is 51.3 Å². The molecule has 8 nitrogen and oxygen atoms in total. The van der Waals surface area contributed by atoms with Crippen LogP contribution in [0.15, 0.2) is 42.7 Å². The normalized spacial score (nSPS) is 14.2. The molecule has 0 atom stereocenters. The van der Waals surface area contributed by atoms with Crippen LogP contribution in [0.4, 0.5) is 23.7 Å². The van der Waals surface area contributed by atoms with Crippen molar-refractivity contribution in [3.8, 4) is 11.4 Å². The number of piperazine rings is 1. The van der Waals surface area contributed by atoms with Gasteiger partial charge >= 0.3 is 6.03 Å². The van der Waals surface area contributed by atoms with Crippen molar-refractivity contribution in [2.24, 2.45) is 0 Å². The number of amides is 2. The first kappa shape index (κ1) is 25.3. The lowest BCUT2D eigenvalue weighted by atomic mass is 10.1. The van der Waals surface area contributed by atoms with E-state index in [-0.39, 0.29) is 18.1 Å². The van der Waals surface area contributed by atoms with Gasteiger partial charge in [0.25, 0.3) is 5.92 Å². The smallest absolute Gasteiger partial charge is 0.317 e. The Morgan fingerprint density at radius 2 is 1.89 bits per heavy atom. The molecule has 0 unspecified atom stereocenters. The van der Waals surface area contributed by atoms with Gasteiger partial charge in [-0.3, -0.25) is 0 Å². The van der Waals surface area contributed by atoms with Gasteiger partial charge in [0.05, 0.1) is 6.61 Å². The molecule has 0 radical (unpaired) electrons. The molecule has 1 N–H and O–H groups in total. The van der Waals surface area contributed by atoms with Crippen LogP contribution in [0, 0.1) is 12.7 Å². The van der Waals surface area contributed by atoms with Gasteiger partial charge in [-0.2, -0.15) is 5.10 Å². The van der Waals surface area contributed by atoms with Crippen LogP contribution in [-0.4, -0.2) is 58.5 Å². The number of benzene rings is 2. The molecule has 1 aromatic heterocycles. The minimum atomic E-state index is -3.12. The van der Waals surface area contributed by atoms with Gasteiger partial charge < -0.3 is 19.9 Å². The van der Waals surface area contributed by atoms with Crippen LogP contribution >= 0.6 is 0 Å². The Bertz CT molecular complexity index is 1220. The average Bonchev–Trinajstić information content (AvgIpc) is 3.28. The van der Waals surface area contributed by atoms with Crippen LogP contribution in [0.25, 0.3) is 5.69 Å². The maximum atomic E-state index is 14.2. The van der Waals surface area contributed by atoms with Gasteiger partial charge in [-0.1, -0.05) is 12.1 Å². The van der Waals surface area contributed by atoms with Crippen LogP contribution in [-0.2, 0) is 12.5 Å². The molecule has 1 saturated heterocycles. The molecule has 1 aliphatic rings. The molecule has 2 amide bonds. The Morgan fingerprint density at radius 1 is 1.14 bits per heavy atom. The second-order valence-corrected chi connectivity index (χ2v) is 8.65. The van der Waals surface area contributed by atoms with Gasteiger partial charge in [0.1, 0.15) is 29.4 Å². The largest absolute Gasteiger partial charge is 0.492 e. The Hall–Kier alpha value is -3.76. The van der Waals surface area contributed by atoms with Crippen LogP contribution in [0.2, 0.25) is 0 Å². The number of aryl methyl sites for hydroxylation is 1. The number of urea groups is 1. The molecular formula is C25H29F3N6O2. The third-order valence-corrected chi connectivity index (χ3v) is 6.02. The number of rotatable bonds is 7. The van der Waals surface area contributed by atoms with E-state index in [0.717, 1.165) is 17.4 Å². The second-order valence-electron chi connectivity index (χ2n) is 8.65. The number of halogens is 3. The molecule has 192 valence electrons. The number of carbonyl (C=O) groups is 1. The lowest BCUT2D eigenvalue weighted by Crippen LogP contribution is -2.51. The highest BCUT2D eigenvalue weighted by atomic mass is 19.3. The van der Waals surface area contributed by atoms with E-state index in [9.17, 15) is 18.0 Å². The van der Waals surface area contributed by atoms with Crippen molar-refractivity contribution in [2.75, 3.05) is 37.7 Å². The second kappa shape index (κ2) is 10.5. The number of alkyl halides is 2. The summed E-state index contributed by atoms with van der Waals surface area (Å²) in [4.78, 5) is 20.6. The van der Waals surface area contributed by atoms with E-state index < -0.39 is 17.3 Å². The summed E-state index contributed by atoms with van der Waals surface area (Å²) in [5.74, 6) is -2.54. The molecule has 2 heterocycles. The van der Waals surface area contributed by atoms with Crippen molar-refractivity contribution in [1.82, 2.24) is 25.0 Å². The summed E-state index contributed by atoms with van der Waals surface area (Å²) in [7, 11) is 0. The van der Waals surface area contributed by atoms with Gasteiger partial charge in [0, 0.05) is 62.5 Å². The summed E-state index contributed by atoms with van der Waals surface area (Å²) in [5, 5.41) is 7.04. The van der Waals surface area contributed by atoms with Crippen molar-refractivity contribution in [3.63, 3.8) is 0 Å². The minimum Gasteiger partial charge on any atom is -0.492 e. The topological polar surface area (TPSA) is 75.5 Å². The van der Waals surface area contributed by atoms with E-state index >= 15 is 0 Å². The summed E-state index contributed by atoms with van der Waals surface area (Å²) < 4.78 is 48.5. The molecule has 0 aliphatic carbocycles.